The molecule has 0 aromatic carbocycles. The summed E-state index contributed by atoms with van der Waals surface area (Å²) in [6, 6.07) is 1.42. The molecular weight excluding hydrogens is 254 g/mol. The molecule has 20 heavy (non-hydrogen) atoms. The van der Waals surface area contributed by atoms with Gasteiger partial charge in [0.2, 0.25) is 0 Å². The van der Waals surface area contributed by atoms with Crippen molar-refractivity contribution >= 4 is 5.97 Å². The predicted molar refractivity (Wildman–Crippen MR) is 73.8 cm³/mol. The Balaban J connectivity index is 1.79. The van der Waals surface area contributed by atoms with Crippen molar-refractivity contribution in [2.75, 3.05) is 0 Å². The minimum absolute atomic E-state index is 0.0760. The summed E-state index contributed by atoms with van der Waals surface area (Å²) in [6.07, 6.45) is 10.9. The highest BCUT2D eigenvalue weighted by Crippen LogP contribution is 2.58. The van der Waals surface area contributed by atoms with E-state index in [4.69, 9.17) is 5.11 Å². The molecule has 0 radical (unpaired) electrons. The summed E-state index contributed by atoms with van der Waals surface area (Å²) in [5.74, 6) is 1.28. The molecule has 5 rings (SSSR count). The van der Waals surface area contributed by atoms with Crippen molar-refractivity contribution in [3.8, 4) is 0 Å². The van der Waals surface area contributed by atoms with Crippen molar-refractivity contribution in [3.63, 3.8) is 0 Å². The molecule has 1 aromatic rings. The summed E-state index contributed by atoms with van der Waals surface area (Å²) >= 11 is 0. The maximum Gasteiger partial charge on any atom is 0.341 e. The highest BCUT2D eigenvalue weighted by molar-refractivity contribution is 5.87. The zero-order valence-electron chi connectivity index (χ0n) is 11.4. The van der Waals surface area contributed by atoms with Crippen LogP contribution in [0.3, 0.4) is 0 Å². The fourth-order valence-corrected chi connectivity index (χ4v) is 5.32. The van der Waals surface area contributed by atoms with Crippen LogP contribution in [0.1, 0.15) is 48.9 Å². The first-order valence-corrected chi connectivity index (χ1v) is 7.52. The second-order valence-electron chi connectivity index (χ2n) is 7.08. The van der Waals surface area contributed by atoms with Gasteiger partial charge in [-0.1, -0.05) is 0 Å². The van der Waals surface area contributed by atoms with Gasteiger partial charge in [0.25, 0.3) is 0 Å². The second kappa shape index (κ2) is 3.96. The third kappa shape index (κ3) is 1.67. The van der Waals surface area contributed by atoms with E-state index in [1.165, 1.54) is 25.3 Å². The molecule has 0 aliphatic heterocycles. The third-order valence-corrected chi connectivity index (χ3v) is 5.70. The van der Waals surface area contributed by atoms with Gasteiger partial charge in [-0.15, -0.1) is 0 Å². The van der Waals surface area contributed by atoms with E-state index in [1.54, 1.807) is 6.20 Å². The Morgan fingerprint density at radius 2 is 1.70 bits per heavy atom. The molecule has 4 fully saturated rings. The van der Waals surface area contributed by atoms with Gasteiger partial charge in [0.05, 0.1) is 0 Å². The van der Waals surface area contributed by atoms with Gasteiger partial charge in [-0.05, 0) is 56.3 Å². The van der Waals surface area contributed by atoms with Crippen LogP contribution in [-0.4, -0.2) is 15.6 Å². The zero-order chi connectivity index (χ0) is 13.9. The van der Waals surface area contributed by atoms with Gasteiger partial charge in [-0.25, -0.2) is 4.79 Å². The Labute approximate surface area is 117 Å². The molecule has 4 heteroatoms. The lowest BCUT2D eigenvalue weighted by Crippen LogP contribution is -2.52. The van der Waals surface area contributed by atoms with Crippen LogP contribution < -0.4 is 5.43 Å². The lowest BCUT2D eigenvalue weighted by atomic mass is 9.53. The highest BCUT2D eigenvalue weighted by Gasteiger charge is 2.51. The molecule has 4 aliphatic rings. The van der Waals surface area contributed by atoms with E-state index in [2.05, 4.69) is 4.57 Å². The molecule has 4 bridgehead atoms. The standard InChI is InChI=1S/C16H19NO3/c18-14-1-2-17(9-13(14)15(19)20)16-6-10-3-11(7-16)5-12(4-10)8-16/h1-2,9-12H,3-8H2,(H,19,20). The van der Waals surface area contributed by atoms with E-state index in [0.29, 0.717) is 0 Å². The molecule has 4 saturated carbocycles. The van der Waals surface area contributed by atoms with Crippen LogP contribution >= 0.6 is 0 Å². The first kappa shape index (κ1) is 12.2. The Kier molecular flexibility index (Phi) is 2.41. The number of hydrogen-bond donors (Lipinski definition) is 1. The van der Waals surface area contributed by atoms with Crippen LogP contribution in [0.25, 0.3) is 0 Å². The molecule has 1 aromatic heterocycles. The van der Waals surface area contributed by atoms with E-state index in [0.717, 1.165) is 37.0 Å². The Hall–Kier alpha value is -1.58. The Morgan fingerprint density at radius 3 is 2.20 bits per heavy atom. The van der Waals surface area contributed by atoms with E-state index in [-0.39, 0.29) is 11.1 Å². The molecular formula is C16H19NO3. The molecule has 4 aliphatic carbocycles. The maximum absolute atomic E-state index is 11.6. The molecule has 4 nitrogen and oxygen atoms in total. The number of pyridine rings is 1. The zero-order valence-corrected chi connectivity index (χ0v) is 11.4. The summed E-state index contributed by atoms with van der Waals surface area (Å²) in [5, 5.41) is 9.16. The fourth-order valence-electron chi connectivity index (χ4n) is 5.32. The van der Waals surface area contributed by atoms with Gasteiger partial charge in [-0.2, -0.15) is 0 Å². The number of carboxylic acid groups (broad SMARTS) is 1. The third-order valence-electron chi connectivity index (χ3n) is 5.70. The smallest absolute Gasteiger partial charge is 0.341 e. The van der Waals surface area contributed by atoms with Crippen LogP contribution in [0.4, 0.5) is 0 Å². The quantitative estimate of drug-likeness (QED) is 0.900. The number of hydrogen-bond acceptors (Lipinski definition) is 2. The fraction of sp³-hybridized carbons (Fsp3) is 0.625. The van der Waals surface area contributed by atoms with Crippen molar-refractivity contribution < 1.29 is 9.90 Å². The van der Waals surface area contributed by atoms with Crippen molar-refractivity contribution in [3.05, 3.63) is 34.2 Å². The minimum Gasteiger partial charge on any atom is -0.477 e. The van der Waals surface area contributed by atoms with Crippen LogP contribution in [0.15, 0.2) is 23.3 Å². The van der Waals surface area contributed by atoms with Gasteiger partial charge in [0, 0.05) is 24.0 Å². The first-order chi connectivity index (χ1) is 9.56. The average molecular weight is 273 g/mol. The number of nitrogens with zero attached hydrogens (tertiary/aromatic N) is 1. The highest BCUT2D eigenvalue weighted by atomic mass is 16.4. The average Bonchev–Trinajstić information content (AvgIpc) is 2.37. The number of aromatic nitrogens is 1. The predicted octanol–water partition coefficient (Wildman–Crippen LogP) is 2.47. The lowest BCUT2D eigenvalue weighted by Gasteiger charge is -2.57. The normalized spacial score (nSPS) is 38.1. The van der Waals surface area contributed by atoms with Crippen LogP contribution in [-0.2, 0) is 5.54 Å². The monoisotopic (exact) mass is 273 g/mol. The summed E-state index contributed by atoms with van der Waals surface area (Å²) in [6.45, 7) is 0. The molecule has 1 heterocycles. The Bertz CT molecular complexity index is 596. The number of carbonyl (C=O) groups is 1. The van der Waals surface area contributed by atoms with Crippen LogP contribution in [0.2, 0.25) is 0 Å². The molecule has 0 spiro atoms. The van der Waals surface area contributed by atoms with E-state index in [1.807, 2.05) is 6.20 Å². The van der Waals surface area contributed by atoms with Crippen molar-refractivity contribution in [1.29, 1.82) is 0 Å². The number of carboxylic acids is 1. The first-order valence-electron chi connectivity index (χ1n) is 7.52. The molecule has 0 atom stereocenters. The summed E-state index contributed by atoms with van der Waals surface area (Å²) in [4.78, 5) is 22.8. The number of rotatable bonds is 2. The van der Waals surface area contributed by atoms with Gasteiger partial charge < -0.3 is 9.67 Å². The lowest BCUT2D eigenvalue weighted by molar-refractivity contribution is -0.0434. The maximum atomic E-state index is 11.6. The van der Waals surface area contributed by atoms with Gasteiger partial charge >= 0.3 is 5.97 Å². The van der Waals surface area contributed by atoms with Crippen LogP contribution in [0, 0.1) is 17.8 Å². The Morgan fingerprint density at radius 1 is 1.15 bits per heavy atom. The molecule has 0 unspecified atom stereocenters. The van der Waals surface area contributed by atoms with Crippen molar-refractivity contribution in [2.24, 2.45) is 17.8 Å². The summed E-state index contributed by atoms with van der Waals surface area (Å²) in [5.41, 5.74) is -0.408. The summed E-state index contributed by atoms with van der Waals surface area (Å²) in [7, 11) is 0. The van der Waals surface area contributed by atoms with E-state index >= 15 is 0 Å². The van der Waals surface area contributed by atoms with Crippen molar-refractivity contribution in [2.45, 2.75) is 44.1 Å². The SMILES string of the molecule is O=C(O)c1cn(C23CC4CC(CC(C4)C2)C3)ccc1=O. The number of aromatic carboxylic acids is 1. The van der Waals surface area contributed by atoms with Gasteiger partial charge in [0.1, 0.15) is 5.56 Å². The van der Waals surface area contributed by atoms with E-state index in [9.17, 15) is 9.59 Å². The molecule has 106 valence electrons. The second-order valence-corrected chi connectivity index (χ2v) is 7.08. The van der Waals surface area contributed by atoms with E-state index < -0.39 is 11.4 Å². The molecule has 0 saturated heterocycles. The van der Waals surface area contributed by atoms with Crippen LogP contribution in [0.5, 0.6) is 0 Å². The molecule has 0 amide bonds. The largest absolute Gasteiger partial charge is 0.477 e. The minimum atomic E-state index is -1.12. The van der Waals surface area contributed by atoms with Crippen molar-refractivity contribution in [1.82, 2.24) is 4.57 Å². The van der Waals surface area contributed by atoms with Gasteiger partial charge in [0.15, 0.2) is 5.43 Å². The molecule has 1 N–H and O–H groups in total. The van der Waals surface area contributed by atoms with Gasteiger partial charge in [-0.3, -0.25) is 4.79 Å². The summed E-state index contributed by atoms with van der Waals surface area (Å²) < 4.78 is 2.06. The topological polar surface area (TPSA) is 59.3 Å².